The quantitative estimate of drug-likeness (QED) is 0.607. The van der Waals surface area contributed by atoms with Gasteiger partial charge in [0.25, 0.3) is 11.9 Å². The van der Waals surface area contributed by atoms with E-state index in [1.165, 1.54) is 6.08 Å². The minimum absolute atomic E-state index is 0.0940. The van der Waals surface area contributed by atoms with E-state index in [9.17, 15) is 9.59 Å². The number of benzene rings is 2. The third kappa shape index (κ3) is 3.95. The molecule has 0 radical (unpaired) electrons. The zero-order chi connectivity index (χ0) is 21.4. The highest BCUT2D eigenvalue weighted by molar-refractivity contribution is 6.30. The van der Waals surface area contributed by atoms with Gasteiger partial charge in [0, 0.05) is 11.1 Å². The van der Waals surface area contributed by atoms with Crippen LogP contribution in [0.3, 0.4) is 0 Å². The van der Waals surface area contributed by atoms with Crippen LogP contribution in [-0.2, 0) is 9.59 Å². The van der Waals surface area contributed by atoms with E-state index < -0.39 is 5.91 Å². The molecule has 3 heterocycles. The summed E-state index contributed by atoms with van der Waals surface area (Å²) in [6.07, 6.45) is 3.22. The largest absolute Gasteiger partial charge is 0.454 e. The minimum Gasteiger partial charge on any atom is -0.454 e. The first-order valence-corrected chi connectivity index (χ1v) is 9.83. The van der Waals surface area contributed by atoms with Crippen molar-refractivity contribution in [3.05, 3.63) is 64.7 Å². The van der Waals surface area contributed by atoms with Crippen molar-refractivity contribution >= 4 is 41.4 Å². The highest BCUT2D eigenvalue weighted by Gasteiger charge is 2.29. The van der Waals surface area contributed by atoms with E-state index in [4.69, 9.17) is 21.1 Å². The van der Waals surface area contributed by atoms with Crippen molar-refractivity contribution in [2.24, 2.45) is 0 Å². The van der Waals surface area contributed by atoms with Crippen molar-refractivity contribution in [2.75, 3.05) is 17.4 Å². The number of carbonyl (C=O) groups is 2. The smallest absolute Gasteiger partial charge is 0.250 e. The molecule has 0 fully saturated rings. The third-order valence-corrected chi connectivity index (χ3v) is 5.12. The van der Waals surface area contributed by atoms with Gasteiger partial charge in [0.2, 0.25) is 18.6 Å². The van der Waals surface area contributed by atoms with Crippen LogP contribution < -0.4 is 20.1 Å². The molecule has 31 heavy (non-hydrogen) atoms. The number of carbonyl (C=O) groups excluding carboxylic acids is 2. The van der Waals surface area contributed by atoms with Gasteiger partial charge in [-0.25, -0.2) is 4.68 Å². The van der Waals surface area contributed by atoms with Crippen LogP contribution in [0.1, 0.15) is 23.6 Å². The van der Waals surface area contributed by atoms with Gasteiger partial charge in [-0.05, 0) is 41.5 Å². The summed E-state index contributed by atoms with van der Waals surface area (Å²) in [5.74, 6) is 1.08. The Balaban J connectivity index is 1.32. The average molecular weight is 438 g/mol. The molecule has 9 nitrogen and oxygen atoms in total. The highest BCUT2D eigenvalue weighted by atomic mass is 35.5. The molecule has 2 N–H and O–H groups in total. The maximum absolute atomic E-state index is 12.3. The number of ether oxygens (including phenoxy) is 2. The van der Waals surface area contributed by atoms with Crippen molar-refractivity contribution in [2.45, 2.75) is 12.5 Å². The molecule has 0 saturated heterocycles. The Hall–Kier alpha value is -3.85. The first kappa shape index (κ1) is 19.1. The van der Waals surface area contributed by atoms with Crippen molar-refractivity contribution < 1.29 is 19.1 Å². The second-order valence-electron chi connectivity index (χ2n) is 6.96. The maximum Gasteiger partial charge on any atom is 0.250 e. The van der Waals surface area contributed by atoms with Gasteiger partial charge in [0.1, 0.15) is 0 Å². The van der Waals surface area contributed by atoms with Crippen LogP contribution in [-0.4, -0.2) is 33.4 Å². The standard InChI is InChI=1S/C21H16ClN5O4/c22-14-5-3-13(4-6-14)15-10-19(29)24-21-25-20(26-27(15)21)23-18(28)8-2-12-1-7-16-17(9-12)31-11-30-16/h1-9,15H,10-11H2,(H2,23,24,25,26,28,29)/b8-2+/t15-/m0/s1. The summed E-state index contributed by atoms with van der Waals surface area (Å²) >= 11 is 5.96. The lowest BCUT2D eigenvalue weighted by Gasteiger charge is -2.23. The first-order valence-electron chi connectivity index (χ1n) is 9.46. The fraction of sp³-hybridized carbons (Fsp3) is 0.143. The second-order valence-corrected chi connectivity index (χ2v) is 7.39. The van der Waals surface area contributed by atoms with Crippen molar-refractivity contribution in [3.8, 4) is 11.5 Å². The van der Waals surface area contributed by atoms with Gasteiger partial charge in [-0.2, -0.15) is 4.98 Å². The second kappa shape index (κ2) is 7.77. The molecular formula is C21H16ClN5O4. The number of nitrogens with zero attached hydrogens (tertiary/aromatic N) is 3. The Morgan fingerprint density at radius 3 is 2.84 bits per heavy atom. The minimum atomic E-state index is -0.407. The van der Waals surface area contributed by atoms with Crippen LogP contribution in [0.4, 0.5) is 11.9 Å². The lowest BCUT2D eigenvalue weighted by atomic mass is 10.0. The predicted octanol–water partition coefficient (Wildman–Crippen LogP) is 3.24. The number of fused-ring (bicyclic) bond motifs is 2. The van der Waals surface area contributed by atoms with Crippen LogP contribution in [0.25, 0.3) is 6.08 Å². The Kier molecular flexibility index (Phi) is 4.79. The summed E-state index contributed by atoms with van der Waals surface area (Å²) in [4.78, 5) is 28.7. The molecule has 0 aliphatic carbocycles. The number of anilines is 2. The van der Waals surface area contributed by atoms with Crippen LogP contribution in [0, 0.1) is 0 Å². The summed E-state index contributed by atoms with van der Waals surface area (Å²) in [5, 5.41) is 10.3. The summed E-state index contributed by atoms with van der Waals surface area (Å²) in [7, 11) is 0. The lowest BCUT2D eigenvalue weighted by molar-refractivity contribution is -0.117. The van der Waals surface area contributed by atoms with E-state index in [1.54, 1.807) is 35.0 Å². The molecular weight excluding hydrogens is 422 g/mol. The molecule has 5 rings (SSSR count). The lowest BCUT2D eigenvalue weighted by Crippen LogP contribution is -2.29. The Labute approximate surface area is 181 Å². The third-order valence-electron chi connectivity index (χ3n) is 4.87. The van der Waals surface area contributed by atoms with E-state index in [0.29, 0.717) is 16.5 Å². The van der Waals surface area contributed by atoms with E-state index in [0.717, 1.165) is 11.1 Å². The number of hydrogen-bond acceptors (Lipinski definition) is 6. The van der Waals surface area contributed by atoms with Crippen LogP contribution in [0.15, 0.2) is 48.5 Å². The molecule has 1 aromatic heterocycles. The molecule has 0 unspecified atom stereocenters. The Bertz CT molecular complexity index is 1200. The van der Waals surface area contributed by atoms with Crippen LogP contribution in [0.2, 0.25) is 5.02 Å². The van der Waals surface area contributed by atoms with Gasteiger partial charge in [-0.1, -0.05) is 29.8 Å². The zero-order valence-corrected chi connectivity index (χ0v) is 16.8. The average Bonchev–Trinajstić information content (AvgIpc) is 3.38. The van der Waals surface area contributed by atoms with Crippen LogP contribution >= 0.6 is 11.6 Å². The Morgan fingerprint density at radius 1 is 1.19 bits per heavy atom. The van der Waals surface area contributed by atoms with E-state index in [-0.39, 0.29) is 37.1 Å². The number of halogens is 1. The van der Waals surface area contributed by atoms with Gasteiger partial charge in [0.15, 0.2) is 11.5 Å². The molecule has 10 heteroatoms. The number of nitrogens with one attached hydrogen (secondary N) is 2. The first-order chi connectivity index (χ1) is 15.0. The maximum atomic E-state index is 12.3. The fourth-order valence-corrected chi connectivity index (χ4v) is 3.53. The van der Waals surface area contributed by atoms with Crippen molar-refractivity contribution in [3.63, 3.8) is 0 Å². The molecule has 2 aliphatic heterocycles. The number of amides is 2. The molecule has 156 valence electrons. The van der Waals surface area contributed by atoms with Gasteiger partial charge in [-0.3, -0.25) is 20.2 Å². The number of rotatable bonds is 4. The molecule has 2 aromatic carbocycles. The number of hydrogen-bond donors (Lipinski definition) is 2. The zero-order valence-electron chi connectivity index (χ0n) is 16.0. The van der Waals surface area contributed by atoms with E-state index in [1.807, 2.05) is 18.2 Å². The number of aromatic nitrogens is 3. The van der Waals surface area contributed by atoms with Crippen LogP contribution in [0.5, 0.6) is 11.5 Å². The topological polar surface area (TPSA) is 107 Å². The SMILES string of the molecule is O=C(/C=C/c1ccc2c(c1)OCO2)Nc1nc2n(n1)[C@H](c1ccc(Cl)cc1)CC(=O)N2. The van der Waals surface area contributed by atoms with E-state index >= 15 is 0 Å². The summed E-state index contributed by atoms with van der Waals surface area (Å²) in [6.45, 7) is 0.188. The van der Waals surface area contributed by atoms with E-state index in [2.05, 4.69) is 20.7 Å². The molecule has 1 atom stereocenters. The fourth-order valence-electron chi connectivity index (χ4n) is 3.40. The molecule has 0 bridgehead atoms. The summed E-state index contributed by atoms with van der Waals surface area (Å²) < 4.78 is 12.2. The van der Waals surface area contributed by atoms with Crippen molar-refractivity contribution in [1.29, 1.82) is 0 Å². The molecule has 0 saturated carbocycles. The molecule has 0 spiro atoms. The normalized spacial score (nSPS) is 16.8. The van der Waals surface area contributed by atoms with Gasteiger partial charge >= 0.3 is 0 Å². The van der Waals surface area contributed by atoms with Gasteiger partial charge < -0.3 is 9.47 Å². The Morgan fingerprint density at radius 2 is 2.00 bits per heavy atom. The highest BCUT2D eigenvalue weighted by Crippen LogP contribution is 2.33. The summed E-state index contributed by atoms with van der Waals surface area (Å²) in [5.41, 5.74) is 1.65. The molecule has 2 aliphatic rings. The molecule has 3 aromatic rings. The summed E-state index contributed by atoms with van der Waals surface area (Å²) in [6, 6.07) is 12.2. The molecule has 2 amide bonds. The van der Waals surface area contributed by atoms with Gasteiger partial charge in [-0.15, -0.1) is 5.10 Å². The van der Waals surface area contributed by atoms with Gasteiger partial charge in [0.05, 0.1) is 12.5 Å². The monoisotopic (exact) mass is 437 g/mol. The van der Waals surface area contributed by atoms with Crippen molar-refractivity contribution in [1.82, 2.24) is 14.8 Å². The predicted molar refractivity (Wildman–Crippen MR) is 113 cm³/mol.